The largest absolute Gasteiger partial charge is 0.298 e. The van der Waals surface area contributed by atoms with E-state index in [1.807, 2.05) is 31.4 Å². The number of rotatable bonds is 4. The topological polar surface area (TPSA) is 102 Å². The van der Waals surface area contributed by atoms with Crippen LogP contribution in [0.1, 0.15) is 27.0 Å². The van der Waals surface area contributed by atoms with Gasteiger partial charge in [0, 0.05) is 16.5 Å². The molecule has 140 valence electrons. The molecule has 1 aromatic heterocycles. The van der Waals surface area contributed by atoms with Crippen molar-refractivity contribution in [1.29, 1.82) is 0 Å². The van der Waals surface area contributed by atoms with E-state index >= 15 is 0 Å². The van der Waals surface area contributed by atoms with E-state index in [-0.39, 0.29) is 10.5 Å². The first-order valence-corrected chi connectivity index (χ1v) is 10.6. The molecule has 0 bridgehead atoms. The molecule has 0 aliphatic heterocycles. The number of hydrogen-bond acceptors (Lipinski definition) is 5. The van der Waals surface area contributed by atoms with Crippen molar-refractivity contribution in [3.05, 3.63) is 64.0 Å². The van der Waals surface area contributed by atoms with Crippen LogP contribution in [0.25, 0.3) is 11.3 Å². The molecule has 0 atom stereocenters. The molecule has 1 amide bonds. The summed E-state index contributed by atoms with van der Waals surface area (Å²) in [4.78, 5) is 17.0. The average Bonchev–Trinajstić information content (AvgIpc) is 3.02. The number of aryl methyl sites for hydroxylation is 3. The number of thiazole rings is 1. The second kappa shape index (κ2) is 7.22. The molecule has 0 spiro atoms. The molecule has 6 nitrogen and oxygen atoms in total. The summed E-state index contributed by atoms with van der Waals surface area (Å²) in [6, 6.07) is 10.3. The molecule has 3 aromatic rings. The maximum absolute atomic E-state index is 12.6. The highest BCUT2D eigenvalue weighted by Crippen LogP contribution is 2.28. The lowest BCUT2D eigenvalue weighted by Gasteiger charge is -2.07. The Bertz CT molecular complexity index is 1130. The van der Waals surface area contributed by atoms with Crippen LogP contribution in [-0.2, 0) is 10.0 Å². The van der Waals surface area contributed by atoms with E-state index in [1.54, 1.807) is 13.0 Å². The number of sulfonamides is 1. The second-order valence-electron chi connectivity index (χ2n) is 6.33. The molecule has 0 saturated carbocycles. The van der Waals surface area contributed by atoms with Crippen LogP contribution in [-0.4, -0.2) is 19.3 Å². The average molecular weight is 402 g/mol. The normalized spacial score (nSPS) is 11.4. The van der Waals surface area contributed by atoms with Gasteiger partial charge in [0.25, 0.3) is 5.91 Å². The minimum absolute atomic E-state index is 0.103. The third kappa shape index (κ3) is 4.24. The van der Waals surface area contributed by atoms with Gasteiger partial charge in [-0.05, 0) is 44.0 Å². The first kappa shape index (κ1) is 19.2. The number of nitrogens with one attached hydrogen (secondary N) is 1. The number of amides is 1. The Morgan fingerprint density at radius 3 is 2.48 bits per heavy atom. The molecule has 0 radical (unpaired) electrons. The zero-order valence-corrected chi connectivity index (χ0v) is 16.7. The molecular weight excluding hydrogens is 382 g/mol. The van der Waals surface area contributed by atoms with E-state index in [0.717, 1.165) is 16.8 Å². The van der Waals surface area contributed by atoms with Crippen LogP contribution in [0.5, 0.6) is 0 Å². The lowest BCUT2D eigenvalue weighted by Crippen LogP contribution is -2.17. The summed E-state index contributed by atoms with van der Waals surface area (Å²) < 4.78 is 23.1. The van der Waals surface area contributed by atoms with Crippen LogP contribution in [0.4, 0.5) is 5.13 Å². The summed E-state index contributed by atoms with van der Waals surface area (Å²) in [5.41, 5.74) is 4.95. The predicted octanol–water partition coefficient (Wildman–Crippen LogP) is 3.64. The summed E-state index contributed by atoms with van der Waals surface area (Å²) >= 11 is 1.31. The highest BCUT2D eigenvalue weighted by Gasteiger charge is 2.16. The van der Waals surface area contributed by atoms with Gasteiger partial charge < -0.3 is 0 Å². The van der Waals surface area contributed by atoms with Crippen LogP contribution >= 0.6 is 11.3 Å². The molecule has 27 heavy (non-hydrogen) atoms. The smallest absolute Gasteiger partial charge is 0.257 e. The molecular formula is C19H19N3O3S2. The highest BCUT2D eigenvalue weighted by atomic mass is 32.2. The lowest BCUT2D eigenvalue weighted by molar-refractivity contribution is 0.102. The third-order valence-electron chi connectivity index (χ3n) is 4.16. The van der Waals surface area contributed by atoms with E-state index in [2.05, 4.69) is 16.4 Å². The molecule has 0 aliphatic rings. The van der Waals surface area contributed by atoms with E-state index < -0.39 is 15.9 Å². The van der Waals surface area contributed by atoms with Crippen LogP contribution in [0.2, 0.25) is 0 Å². The van der Waals surface area contributed by atoms with E-state index in [4.69, 9.17) is 5.14 Å². The number of hydrogen-bond donors (Lipinski definition) is 2. The van der Waals surface area contributed by atoms with Crippen molar-refractivity contribution in [3.63, 3.8) is 0 Å². The van der Waals surface area contributed by atoms with Gasteiger partial charge in [0.05, 0.1) is 10.6 Å². The number of carbonyl (C=O) groups is 1. The molecule has 8 heteroatoms. The van der Waals surface area contributed by atoms with Gasteiger partial charge in [-0.1, -0.05) is 29.8 Å². The van der Waals surface area contributed by atoms with Gasteiger partial charge in [0.2, 0.25) is 10.0 Å². The van der Waals surface area contributed by atoms with Crippen molar-refractivity contribution in [2.75, 3.05) is 5.32 Å². The number of aromatic nitrogens is 1. The molecule has 3 rings (SSSR count). The van der Waals surface area contributed by atoms with E-state index in [0.29, 0.717) is 10.7 Å². The fraction of sp³-hybridized carbons (Fsp3) is 0.158. The predicted molar refractivity (Wildman–Crippen MR) is 108 cm³/mol. The third-order valence-corrected chi connectivity index (χ3v) is 5.83. The summed E-state index contributed by atoms with van der Waals surface area (Å²) in [7, 11) is -3.88. The molecule has 0 unspecified atom stereocenters. The molecule has 0 fully saturated rings. The first-order chi connectivity index (χ1) is 12.6. The van der Waals surface area contributed by atoms with Gasteiger partial charge in [0.1, 0.15) is 0 Å². The molecule has 1 heterocycles. The van der Waals surface area contributed by atoms with Crippen molar-refractivity contribution in [2.45, 2.75) is 25.7 Å². The van der Waals surface area contributed by atoms with Crippen LogP contribution in [0.15, 0.2) is 46.7 Å². The minimum atomic E-state index is -3.88. The number of benzene rings is 2. The summed E-state index contributed by atoms with van der Waals surface area (Å²) in [5, 5.41) is 10.2. The maximum Gasteiger partial charge on any atom is 0.257 e. The van der Waals surface area contributed by atoms with E-state index in [9.17, 15) is 13.2 Å². The number of primary sulfonamides is 1. The van der Waals surface area contributed by atoms with Crippen molar-refractivity contribution in [1.82, 2.24) is 4.98 Å². The SMILES string of the molecule is Cc1ccc(-c2csc(NC(=O)c3cc(S(N)(=O)=O)ccc3C)n2)c(C)c1. The maximum atomic E-state index is 12.6. The summed E-state index contributed by atoms with van der Waals surface area (Å²) in [6.07, 6.45) is 0. The minimum Gasteiger partial charge on any atom is -0.298 e. The second-order valence-corrected chi connectivity index (χ2v) is 8.75. The molecule has 0 aliphatic carbocycles. The highest BCUT2D eigenvalue weighted by molar-refractivity contribution is 7.89. The molecule has 3 N–H and O–H groups in total. The van der Waals surface area contributed by atoms with Crippen molar-refractivity contribution < 1.29 is 13.2 Å². The zero-order chi connectivity index (χ0) is 19.8. The fourth-order valence-electron chi connectivity index (χ4n) is 2.74. The molecule has 2 aromatic carbocycles. The van der Waals surface area contributed by atoms with Crippen LogP contribution in [0, 0.1) is 20.8 Å². The fourth-order valence-corrected chi connectivity index (χ4v) is 3.99. The van der Waals surface area contributed by atoms with Gasteiger partial charge in [-0.25, -0.2) is 18.5 Å². The quantitative estimate of drug-likeness (QED) is 0.697. The Kier molecular flexibility index (Phi) is 5.14. The van der Waals surface area contributed by atoms with Gasteiger partial charge in [0.15, 0.2) is 5.13 Å². The lowest BCUT2D eigenvalue weighted by atomic mass is 10.0. The van der Waals surface area contributed by atoms with Crippen LogP contribution < -0.4 is 10.5 Å². The van der Waals surface area contributed by atoms with Crippen molar-refractivity contribution >= 4 is 32.4 Å². The van der Waals surface area contributed by atoms with Gasteiger partial charge >= 0.3 is 0 Å². The number of nitrogens with zero attached hydrogens (tertiary/aromatic N) is 1. The Balaban J connectivity index is 1.87. The monoisotopic (exact) mass is 401 g/mol. The zero-order valence-electron chi connectivity index (χ0n) is 15.1. The van der Waals surface area contributed by atoms with Crippen molar-refractivity contribution in [2.24, 2.45) is 5.14 Å². The number of anilines is 1. The van der Waals surface area contributed by atoms with Crippen LogP contribution in [0.3, 0.4) is 0 Å². The van der Waals surface area contributed by atoms with Gasteiger partial charge in [-0.2, -0.15) is 0 Å². The van der Waals surface area contributed by atoms with Gasteiger partial charge in [-0.15, -0.1) is 11.3 Å². The Morgan fingerprint density at radius 2 is 1.81 bits per heavy atom. The number of carbonyl (C=O) groups excluding carboxylic acids is 1. The Hall–Kier alpha value is -2.55. The van der Waals surface area contributed by atoms with E-state index in [1.165, 1.54) is 29.0 Å². The number of nitrogens with two attached hydrogens (primary N) is 1. The van der Waals surface area contributed by atoms with Gasteiger partial charge in [-0.3, -0.25) is 10.1 Å². The first-order valence-electron chi connectivity index (χ1n) is 8.13. The Labute approximate surface area is 162 Å². The Morgan fingerprint density at radius 1 is 1.07 bits per heavy atom. The summed E-state index contributed by atoms with van der Waals surface area (Å²) in [6.45, 7) is 5.77. The molecule has 0 saturated heterocycles. The summed E-state index contributed by atoms with van der Waals surface area (Å²) in [5.74, 6) is -0.431. The standard InChI is InChI=1S/C19H19N3O3S2/c1-11-4-7-15(13(3)8-11)17-10-26-19(21-17)22-18(23)16-9-14(27(20,24)25)6-5-12(16)2/h4-10H,1-3H3,(H2,20,24,25)(H,21,22,23). The van der Waals surface area contributed by atoms with Crippen molar-refractivity contribution in [3.8, 4) is 11.3 Å².